The fourth-order valence-corrected chi connectivity index (χ4v) is 1.67. The second-order valence-electron chi connectivity index (χ2n) is 3.40. The van der Waals surface area contributed by atoms with Gasteiger partial charge in [0.15, 0.2) is 0 Å². The first kappa shape index (κ1) is 9.93. The van der Waals surface area contributed by atoms with Gasteiger partial charge in [0.2, 0.25) is 0 Å². The van der Waals surface area contributed by atoms with E-state index in [0.717, 1.165) is 31.1 Å². The lowest BCUT2D eigenvalue weighted by molar-refractivity contribution is 0.0713. The molecule has 70 valence electrons. The van der Waals surface area contributed by atoms with Gasteiger partial charge in [-0.1, -0.05) is 12.2 Å². The lowest BCUT2D eigenvalue weighted by Crippen LogP contribution is -2.28. The molecule has 0 aliphatic carbocycles. The first-order valence-corrected chi connectivity index (χ1v) is 5.00. The van der Waals surface area contributed by atoms with Gasteiger partial charge in [0.05, 0.1) is 17.7 Å². The third-order valence-corrected chi connectivity index (χ3v) is 2.45. The Kier molecular flexibility index (Phi) is 3.95. The normalized spacial score (nSPS) is 17.9. The van der Waals surface area contributed by atoms with Crippen molar-refractivity contribution in [3.8, 4) is 0 Å². The van der Waals surface area contributed by atoms with Crippen molar-refractivity contribution in [1.29, 1.82) is 0 Å². The number of likely N-dealkylation sites (tertiary alicyclic amines) is 1. The van der Waals surface area contributed by atoms with Crippen molar-refractivity contribution in [2.24, 2.45) is 0 Å². The highest BCUT2D eigenvalue weighted by atomic mass is 32.1. The number of hydrogen-bond acceptors (Lipinski definition) is 2. The van der Waals surface area contributed by atoms with Crippen LogP contribution in [0.3, 0.4) is 0 Å². The van der Waals surface area contributed by atoms with Crippen LogP contribution in [0.1, 0.15) is 26.7 Å². The van der Waals surface area contributed by atoms with Crippen LogP contribution in [0.2, 0.25) is 0 Å². The van der Waals surface area contributed by atoms with Gasteiger partial charge in [-0.25, -0.2) is 0 Å². The predicted molar refractivity (Wildman–Crippen MR) is 54.5 cm³/mol. The standard InChI is InChI=1S/C9H17NOS/c1-8(2)11-7-6-10-5-3-4-9(10)12/h8H,3-7H2,1-2H3. The first-order valence-electron chi connectivity index (χ1n) is 4.59. The van der Waals surface area contributed by atoms with Gasteiger partial charge in [-0.15, -0.1) is 0 Å². The van der Waals surface area contributed by atoms with Gasteiger partial charge in [0, 0.05) is 13.1 Å². The van der Waals surface area contributed by atoms with Crippen LogP contribution in [0, 0.1) is 0 Å². The summed E-state index contributed by atoms with van der Waals surface area (Å²) in [7, 11) is 0. The minimum absolute atomic E-state index is 0.334. The third-order valence-electron chi connectivity index (χ3n) is 1.98. The summed E-state index contributed by atoms with van der Waals surface area (Å²) in [6.07, 6.45) is 2.65. The summed E-state index contributed by atoms with van der Waals surface area (Å²) < 4.78 is 5.45. The highest BCUT2D eigenvalue weighted by Crippen LogP contribution is 2.10. The monoisotopic (exact) mass is 187 g/mol. The van der Waals surface area contributed by atoms with Gasteiger partial charge in [-0.3, -0.25) is 0 Å². The Hall–Kier alpha value is -0.150. The molecule has 0 aromatic carbocycles. The van der Waals surface area contributed by atoms with E-state index in [9.17, 15) is 0 Å². The second-order valence-corrected chi connectivity index (χ2v) is 3.88. The summed E-state index contributed by atoms with van der Waals surface area (Å²) >= 11 is 5.19. The van der Waals surface area contributed by atoms with Gasteiger partial charge >= 0.3 is 0 Å². The average molecular weight is 187 g/mol. The molecule has 0 saturated carbocycles. The molecule has 1 fully saturated rings. The average Bonchev–Trinajstić information content (AvgIpc) is 2.36. The molecule has 1 aliphatic heterocycles. The topological polar surface area (TPSA) is 12.5 Å². The van der Waals surface area contributed by atoms with E-state index in [4.69, 9.17) is 17.0 Å². The Balaban J connectivity index is 2.10. The van der Waals surface area contributed by atoms with E-state index in [1.807, 2.05) is 0 Å². The highest BCUT2D eigenvalue weighted by Gasteiger charge is 2.15. The van der Waals surface area contributed by atoms with Gasteiger partial charge in [0.1, 0.15) is 0 Å². The molecular formula is C9H17NOS. The maximum absolute atomic E-state index is 5.45. The van der Waals surface area contributed by atoms with E-state index >= 15 is 0 Å². The second kappa shape index (κ2) is 4.77. The van der Waals surface area contributed by atoms with Crippen LogP contribution in [0.5, 0.6) is 0 Å². The van der Waals surface area contributed by atoms with Gasteiger partial charge in [0.25, 0.3) is 0 Å². The number of thiocarbonyl (C=S) groups is 1. The lowest BCUT2D eigenvalue weighted by atomic mass is 10.4. The maximum Gasteiger partial charge on any atom is 0.0780 e. The molecule has 0 radical (unpaired) electrons. The van der Waals surface area contributed by atoms with Crippen LogP contribution in [0.4, 0.5) is 0 Å². The fourth-order valence-electron chi connectivity index (χ4n) is 1.34. The summed E-state index contributed by atoms with van der Waals surface area (Å²) in [4.78, 5) is 3.36. The summed E-state index contributed by atoms with van der Waals surface area (Å²) in [6, 6.07) is 0. The molecule has 1 aliphatic rings. The summed E-state index contributed by atoms with van der Waals surface area (Å²) in [5.41, 5.74) is 0. The third kappa shape index (κ3) is 3.07. The van der Waals surface area contributed by atoms with E-state index in [0.29, 0.717) is 6.10 Å². The molecule has 12 heavy (non-hydrogen) atoms. The SMILES string of the molecule is CC(C)OCCN1CCCC1=S. The van der Waals surface area contributed by atoms with Crippen molar-refractivity contribution in [3.05, 3.63) is 0 Å². The van der Waals surface area contributed by atoms with E-state index in [1.165, 1.54) is 6.42 Å². The number of ether oxygens (including phenoxy) is 1. The highest BCUT2D eigenvalue weighted by molar-refractivity contribution is 7.80. The predicted octanol–water partition coefficient (Wildman–Crippen LogP) is 1.83. The zero-order valence-corrected chi connectivity index (χ0v) is 8.69. The number of nitrogens with zero attached hydrogens (tertiary/aromatic N) is 1. The quantitative estimate of drug-likeness (QED) is 0.623. The molecule has 0 N–H and O–H groups in total. The van der Waals surface area contributed by atoms with Crippen LogP contribution in [0.25, 0.3) is 0 Å². The molecule has 1 saturated heterocycles. The molecule has 0 atom stereocenters. The molecule has 0 spiro atoms. The Morgan fingerprint density at radius 2 is 2.33 bits per heavy atom. The Morgan fingerprint density at radius 1 is 1.58 bits per heavy atom. The minimum Gasteiger partial charge on any atom is -0.377 e. The Bertz CT molecular complexity index is 159. The lowest BCUT2D eigenvalue weighted by Gasteiger charge is -2.18. The Labute approximate surface area is 79.9 Å². The van der Waals surface area contributed by atoms with Crippen molar-refractivity contribution in [2.75, 3.05) is 19.7 Å². The molecule has 2 nitrogen and oxygen atoms in total. The Morgan fingerprint density at radius 3 is 2.83 bits per heavy atom. The minimum atomic E-state index is 0.334. The van der Waals surface area contributed by atoms with Gasteiger partial charge < -0.3 is 9.64 Å². The van der Waals surface area contributed by atoms with E-state index in [2.05, 4.69) is 18.7 Å². The molecule has 0 unspecified atom stereocenters. The van der Waals surface area contributed by atoms with Crippen molar-refractivity contribution in [3.63, 3.8) is 0 Å². The molecular weight excluding hydrogens is 170 g/mol. The molecule has 0 aromatic rings. The molecule has 3 heteroatoms. The van der Waals surface area contributed by atoms with E-state index in [-0.39, 0.29) is 0 Å². The zero-order valence-electron chi connectivity index (χ0n) is 7.88. The van der Waals surface area contributed by atoms with Crippen molar-refractivity contribution >= 4 is 17.2 Å². The molecule has 0 amide bonds. The van der Waals surface area contributed by atoms with E-state index in [1.54, 1.807) is 0 Å². The fraction of sp³-hybridized carbons (Fsp3) is 0.889. The van der Waals surface area contributed by atoms with Crippen molar-refractivity contribution < 1.29 is 4.74 Å². The summed E-state index contributed by atoms with van der Waals surface area (Å²) in [5, 5.41) is 0. The van der Waals surface area contributed by atoms with Crippen LogP contribution in [0.15, 0.2) is 0 Å². The number of hydrogen-bond donors (Lipinski definition) is 0. The van der Waals surface area contributed by atoms with Gasteiger partial charge in [-0.2, -0.15) is 0 Å². The van der Waals surface area contributed by atoms with Crippen LogP contribution in [-0.2, 0) is 4.74 Å². The molecule has 0 aromatic heterocycles. The molecule has 1 rings (SSSR count). The van der Waals surface area contributed by atoms with Gasteiger partial charge in [-0.05, 0) is 26.7 Å². The first-order chi connectivity index (χ1) is 5.70. The van der Waals surface area contributed by atoms with E-state index < -0.39 is 0 Å². The van der Waals surface area contributed by atoms with Crippen LogP contribution in [-0.4, -0.2) is 35.7 Å². The smallest absolute Gasteiger partial charge is 0.0780 e. The zero-order chi connectivity index (χ0) is 8.97. The maximum atomic E-state index is 5.45. The molecule has 0 bridgehead atoms. The largest absolute Gasteiger partial charge is 0.377 e. The van der Waals surface area contributed by atoms with Crippen LogP contribution < -0.4 is 0 Å². The summed E-state index contributed by atoms with van der Waals surface area (Å²) in [5.74, 6) is 0. The number of rotatable bonds is 4. The van der Waals surface area contributed by atoms with Crippen molar-refractivity contribution in [1.82, 2.24) is 4.90 Å². The van der Waals surface area contributed by atoms with Crippen molar-refractivity contribution in [2.45, 2.75) is 32.8 Å². The summed E-state index contributed by atoms with van der Waals surface area (Å²) in [6.45, 7) is 7.01. The molecule has 1 heterocycles. The van der Waals surface area contributed by atoms with Crippen LogP contribution >= 0.6 is 12.2 Å².